The maximum Gasteiger partial charge on any atom is 0.261 e. The third-order valence-corrected chi connectivity index (χ3v) is 4.46. The molecule has 1 heterocycles. The highest BCUT2D eigenvalue weighted by Crippen LogP contribution is 2.47. The van der Waals surface area contributed by atoms with Gasteiger partial charge in [-0.2, -0.15) is 0 Å². The highest BCUT2D eigenvalue weighted by atomic mass is 35.5. The smallest absolute Gasteiger partial charge is 0.261 e. The highest BCUT2D eigenvalue weighted by Gasteiger charge is 2.51. The van der Waals surface area contributed by atoms with Crippen LogP contribution in [0.4, 0.5) is 0 Å². The summed E-state index contributed by atoms with van der Waals surface area (Å²) < 4.78 is 0. The van der Waals surface area contributed by atoms with Crippen LogP contribution in [0.25, 0.3) is 0 Å². The van der Waals surface area contributed by atoms with Crippen molar-refractivity contribution in [2.45, 2.75) is 18.4 Å². The summed E-state index contributed by atoms with van der Waals surface area (Å²) >= 11 is 5.89. The number of carbonyl (C=O) groups is 2. The Hall–Kier alpha value is -2.13. The van der Waals surface area contributed by atoms with Crippen molar-refractivity contribution in [3.63, 3.8) is 0 Å². The molecule has 21 heavy (non-hydrogen) atoms. The number of benzene rings is 2. The van der Waals surface area contributed by atoms with Crippen molar-refractivity contribution < 1.29 is 9.59 Å². The molecule has 1 fully saturated rings. The van der Waals surface area contributed by atoms with Crippen LogP contribution in [0.5, 0.6) is 0 Å². The monoisotopic (exact) mass is 297 g/mol. The van der Waals surface area contributed by atoms with E-state index in [1.807, 2.05) is 24.3 Å². The Bertz CT molecular complexity index is 719. The average molecular weight is 298 g/mol. The zero-order valence-electron chi connectivity index (χ0n) is 11.1. The Morgan fingerprint density at radius 1 is 0.905 bits per heavy atom. The Kier molecular flexibility index (Phi) is 2.66. The minimum Gasteiger partial charge on any atom is -0.271 e. The van der Waals surface area contributed by atoms with E-state index >= 15 is 0 Å². The SMILES string of the molecule is O=C1c2ccccc2C(=O)N1C1CC1c1ccc(Cl)cc1. The minimum absolute atomic E-state index is 0.0291. The quantitative estimate of drug-likeness (QED) is 0.796. The molecule has 2 atom stereocenters. The molecule has 0 radical (unpaired) electrons. The first-order valence-corrected chi connectivity index (χ1v) is 7.27. The van der Waals surface area contributed by atoms with Crippen LogP contribution in [0.1, 0.15) is 38.6 Å². The summed E-state index contributed by atoms with van der Waals surface area (Å²) in [5, 5.41) is 0.691. The van der Waals surface area contributed by atoms with Gasteiger partial charge >= 0.3 is 0 Å². The Balaban J connectivity index is 1.61. The van der Waals surface area contributed by atoms with E-state index in [4.69, 9.17) is 11.6 Å². The van der Waals surface area contributed by atoms with Gasteiger partial charge in [-0.3, -0.25) is 14.5 Å². The number of hydrogen-bond donors (Lipinski definition) is 0. The van der Waals surface area contributed by atoms with Gasteiger partial charge in [0.2, 0.25) is 0 Å². The molecule has 0 saturated heterocycles. The molecule has 2 aromatic rings. The van der Waals surface area contributed by atoms with Crippen LogP contribution in [0.3, 0.4) is 0 Å². The van der Waals surface area contributed by atoms with Crippen LogP contribution in [0.15, 0.2) is 48.5 Å². The third-order valence-electron chi connectivity index (χ3n) is 4.21. The van der Waals surface area contributed by atoms with Crippen molar-refractivity contribution in [3.8, 4) is 0 Å². The van der Waals surface area contributed by atoms with Crippen LogP contribution >= 0.6 is 11.6 Å². The summed E-state index contributed by atoms with van der Waals surface area (Å²) in [5.74, 6) is -0.112. The Morgan fingerprint density at radius 3 is 2.05 bits per heavy atom. The minimum atomic E-state index is -0.169. The number of imide groups is 1. The first-order chi connectivity index (χ1) is 10.2. The van der Waals surface area contributed by atoms with E-state index in [0.29, 0.717) is 16.1 Å². The molecule has 4 heteroatoms. The molecular weight excluding hydrogens is 286 g/mol. The van der Waals surface area contributed by atoms with Crippen molar-refractivity contribution in [3.05, 3.63) is 70.2 Å². The lowest BCUT2D eigenvalue weighted by atomic mass is 10.1. The van der Waals surface area contributed by atoms with Gasteiger partial charge < -0.3 is 0 Å². The standard InChI is InChI=1S/C17H12ClNO2/c18-11-7-5-10(6-8-11)14-9-15(14)19-16(20)12-3-1-2-4-13(12)17(19)21/h1-8,14-15H,9H2. The summed E-state index contributed by atoms with van der Waals surface area (Å²) in [4.78, 5) is 26.2. The molecule has 104 valence electrons. The zero-order valence-corrected chi connectivity index (χ0v) is 11.9. The predicted molar refractivity (Wildman–Crippen MR) is 79.5 cm³/mol. The summed E-state index contributed by atoms with van der Waals surface area (Å²) in [6.45, 7) is 0. The summed E-state index contributed by atoms with van der Waals surface area (Å²) in [6, 6.07) is 14.6. The molecule has 0 N–H and O–H groups in total. The molecule has 4 rings (SSSR count). The number of fused-ring (bicyclic) bond motifs is 1. The lowest BCUT2D eigenvalue weighted by Crippen LogP contribution is -2.32. The Labute approximate surface area is 127 Å². The van der Waals surface area contributed by atoms with Gasteiger partial charge in [-0.05, 0) is 36.2 Å². The van der Waals surface area contributed by atoms with Gasteiger partial charge in [0, 0.05) is 17.0 Å². The van der Waals surface area contributed by atoms with E-state index in [1.165, 1.54) is 4.90 Å². The summed E-state index contributed by atoms with van der Waals surface area (Å²) in [6.07, 6.45) is 0.826. The van der Waals surface area contributed by atoms with Gasteiger partial charge in [0.25, 0.3) is 11.8 Å². The molecule has 2 aromatic carbocycles. The summed E-state index contributed by atoms with van der Waals surface area (Å²) in [5.41, 5.74) is 2.16. The predicted octanol–water partition coefficient (Wildman–Crippen LogP) is 3.49. The van der Waals surface area contributed by atoms with Gasteiger partial charge in [-0.25, -0.2) is 0 Å². The van der Waals surface area contributed by atoms with Crippen LogP contribution in [0.2, 0.25) is 5.02 Å². The number of amides is 2. The second-order valence-electron chi connectivity index (χ2n) is 5.49. The molecule has 2 amide bonds. The van der Waals surface area contributed by atoms with E-state index in [-0.39, 0.29) is 23.8 Å². The first kappa shape index (κ1) is 12.6. The van der Waals surface area contributed by atoms with E-state index in [9.17, 15) is 9.59 Å². The number of nitrogens with zero attached hydrogens (tertiary/aromatic N) is 1. The van der Waals surface area contributed by atoms with Gasteiger partial charge in [-0.15, -0.1) is 0 Å². The molecule has 0 aromatic heterocycles. The largest absolute Gasteiger partial charge is 0.271 e. The van der Waals surface area contributed by atoms with Gasteiger partial charge in [0.05, 0.1) is 11.1 Å². The first-order valence-electron chi connectivity index (χ1n) is 6.89. The number of hydrogen-bond acceptors (Lipinski definition) is 2. The molecule has 0 bridgehead atoms. The molecule has 1 aliphatic carbocycles. The lowest BCUT2D eigenvalue weighted by Gasteiger charge is -2.13. The van der Waals surface area contributed by atoms with Crippen molar-refractivity contribution in [1.29, 1.82) is 0 Å². The van der Waals surface area contributed by atoms with Crippen LogP contribution in [-0.2, 0) is 0 Å². The van der Waals surface area contributed by atoms with E-state index in [1.54, 1.807) is 24.3 Å². The molecule has 3 nitrogen and oxygen atoms in total. The third kappa shape index (κ3) is 1.88. The Morgan fingerprint density at radius 2 is 1.48 bits per heavy atom. The van der Waals surface area contributed by atoms with Crippen molar-refractivity contribution in [2.24, 2.45) is 0 Å². The van der Waals surface area contributed by atoms with Gasteiger partial charge in [0.15, 0.2) is 0 Å². The molecule has 1 saturated carbocycles. The van der Waals surface area contributed by atoms with Crippen molar-refractivity contribution in [2.75, 3.05) is 0 Å². The van der Waals surface area contributed by atoms with Crippen LogP contribution < -0.4 is 0 Å². The second-order valence-corrected chi connectivity index (χ2v) is 5.92. The van der Waals surface area contributed by atoms with Crippen molar-refractivity contribution >= 4 is 23.4 Å². The topological polar surface area (TPSA) is 37.4 Å². The van der Waals surface area contributed by atoms with E-state index < -0.39 is 0 Å². The normalized spacial score (nSPS) is 23.4. The van der Waals surface area contributed by atoms with Crippen LogP contribution in [-0.4, -0.2) is 22.8 Å². The summed E-state index contributed by atoms with van der Waals surface area (Å²) in [7, 11) is 0. The van der Waals surface area contributed by atoms with Crippen molar-refractivity contribution in [1.82, 2.24) is 4.90 Å². The van der Waals surface area contributed by atoms with Crippen LogP contribution in [0, 0.1) is 0 Å². The molecule has 1 aliphatic heterocycles. The molecule has 2 unspecified atom stereocenters. The average Bonchev–Trinajstić information content (AvgIpc) is 3.23. The molecular formula is C17H12ClNO2. The lowest BCUT2D eigenvalue weighted by molar-refractivity contribution is 0.0639. The maximum atomic E-state index is 12.4. The van der Waals surface area contributed by atoms with E-state index in [0.717, 1.165) is 12.0 Å². The maximum absolute atomic E-state index is 12.4. The van der Waals surface area contributed by atoms with Gasteiger partial charge in [-0.1, -0.05) is 35.9 Å². The second kappa shape index (κ2) is 4.43. The van der Waals surface area contributed by atoms with E-state index in [2.05, 4.69) is 0 Å². The number of rotatable bonds is 2. The fourth-order valence-corrected chi connectivity index (χ4v) is 3.17. The highest BCUT2D eigenvalue weighted by molar-refractivity contribution is 6.30. The molecule has 2 aliphatic rings. The molecule has 0 spiro atoms. The number of carbonyl (C=O) groups excluding carboxylic acids is 2. The zero-order chi connectivity index (χ0) is 14.6. The fourth-order valence-electron chi connectivity index (χ4n) is 3.04. The van der Waals surface area contributed by atoms with Gasteiger partial charge in [0.1, 0.15) is 0 Å². The fraction of sp³-hybridized carbons (Fsp3) is 0.176. The number of halogens is 1.